The smallest absolute Gasteiger partial charge is 0.223 e. The lowest BCUT2D eigenvalue weighted by Crippen LogP contribution is -2.45. The molecule has 0 unspecified atom stereocenters. The molecule has 1 N–H and O–H groups in total. The monoisotopic (exact) mass is 279 g/mol. The molecule has 0 aromatic carbocycles. The van der Waals surface area contributed by atoms with Crippen LogP contribution in [0.3, 0.4) is 0 Å². The summed E-state index contributed by atoms with van der Waals surface area (Å²) in [5, 5.41) is 3.38. The predicted octanol–water partition coefficient (Wildman–Crippen LogP) is 4.39. The van der Waals surface area contributed by atoms with E-state index < -0.39 is 0 Å². The van der Waals surface area contributed by atoms with E-state index in [4.69, 9.17) is 0 Å². The standard InChI is InChI=1S/C18H33NO/c1-12(2)16-10-7-14(4)11-17(16)18(20)19-15-8-5-13(3)6-9-15/h12-17H,5-11H2,1-4H3,(H,19,20)/t13?,14-,15?,16+,17-/m1/s1. The lowest BCUT2D eigenvalue weighted by molar-refractivity contribution is -0.130. The average molecular weight is 279 g/mol. The minimum absolute atomic E-state index is 0.262. The van der Waals surface area contributed by atoms with Gasteiger partial charge in [0.15, 0.2) is 0 Å². The highest BCUT2D eigenvalue weighted by atomic mass is 16.2. The van der Waals surface area contributed by atoms with Crippen molar-refractivity contribution in [2.24, 2.45) is 29.6 Å². The van der Waals surface area contributed by atoms with E-state index in [2.05, 4.69) is 33.0 Å². The molecule has 2 aliphatic carbocycles. The van der Waals surface area contributed by atoms with Crippen molar-refractivity contribution in [1.82, 2.24) is 5.32 Å². The summed E-state index contributed by atoms with van der Waals surface area (Å²) < 4.78 is 0. The number of rotatable bonds is 3. The number of carbonyl (C=O) groups excluding carboxylic acids is 1. The summed E-state index contributed by atoms with van der Waals surface area (Å²) in [6, 6.07) is 0.448. The van der Waals surface area contributed by atoms with Crippen molar-refractivity contribution in [3.63, 3.8) is 0 Å². The van der Waals surface area contributed by atoms with E-state index in [9.17, 15) is 4.79 Å². The Morgan fingerprint density at radius 3 is 2.15 bits per heavy atom. The Labute approximate surface area is 125 Å². The van der Waals surface area contributed by atoms with Crippen LogP contribution >= 0.6 is 0 Å². The van der Waals surface area contributed by atoms with Gasteiger partial charge in [-0.25, -0.2) is 0 Å². The molecule has 0 aromatic rings. The first kappa shape index (κ1) is 15.9. The van der Waals surface area contributed by atoms with E-state index in [1.165, 1.54) is 38.5 Å². The Hall–Kier alpha value is -0.530. The van der Waals surface area contributed by atoms with E-state index in [1.54, 1.807) is 0 Å². The maximum atomic E-state index is 12.7. The fourth-order valence-corrected chi connectivity index (χ4v) is 4.22. The topological polar surface area (TPSA) is 29.1 Å². The second-order valence-electron chi connectivity index (χ2n) is 7.90. The van der Waals surface area contributed by atoms with Crippen LogP contribution in [0.15, 0.2) is 0 Å². The normalized spacial score (nSPS) is 38.8. The molecule has 3 atom stereocenters. The van der Waals surface area contributed by atoms with E-state index in [0.717, 1.165) is 12.3 Å². The van der Waals surface area contributed by atoms with E-state index >= 15 is 0 Å². The molecule has 2 nitrogen and oxygen atoms in total. The summed E-state index contributed by atoms with van der Waals surface area (Å²) in [7, 11) is 0. The van der Waals surface area contributed by atoms with Gasteiger partial charge in [0.1, 0.15) is 0 Å². The van der Waals surface area contributed by atoms with Crippen LogP contribution in [0.2, 0.25) is 0 Å². The second kappa shape index (κ2) is 6.95. The molecule has 2 aliphatic rings. The molecule has 0 spiro atoms. The van der Waals surface area contributed by atoms with Crippen LogP contribution in [0.5, 0.6) is 0 Å². The van der Waals surface area contributed by atoms with Gasteiger partial charge in [-0.15, -0.1) is 0 Å². The molecule has 2 rings (SSSR count). The molecule has 20 heavy (non-hydrogen) atoms. The largest absolute Gasteiger partial charge is 0.353 e. The van der Waals surface area contributed by atoms with Gasteiger partial charge in [0.05, 0.1) is 0 Å². The lowest BCUT2D eigenvalue weighted by atomic mass is 9.69. The van der Waals surface area contributed by atoms with Crippen LogP contribution < -0.4 is 5.32 Å². The fraction of sp³-hybridized carbons (Fsp3) is 0.944. The van der Waals surface area contributed by atoms with Crippen LogP contribution in [-0.2, 0) is 4.79 Å². The minimum atomic E-state index is 0.262. The summed E-state index contributed by atoms with van der Waals surface area (Å²) in [5.74, 6) is 3.40. The van der Waals surface area contributed by atoms with E-state index in [0.29, 0.717) is 29.7 Å². The van der Waals surface area contributed by atoms with Crippen molar-refractivity contribution in [3.8, 4) is 0 Å². The zero-order chi connectivity index (χ0) is 14.7. The van der Waals surface area contributed by atoms with Crippen molar-refractivity contribution in [2.75, 3.05) is 0 Å². The molecule has 2 fully saturated rings. The summed E-state index contributed by atoms with van der Waals surface area (Å²) in [5.41, 5.74) is 0. The first-order chi connectivity index (χ1) is 9.47. The lowest BCUT2D eigenvalue weighted by Gasteiger charge is -2.37. The number of amides is 1. The summed E-state index contributed by atoms with van der Waals surface area (Å²) >= 11 is 0. The Bertz CT molecular complexity index is 317. The molecule has 116 valence electrons. The molecule has 0 bridgehead atoms. The molecular weight excluding hydrogens is 246 g/mol. The first-order valence-corrected chi connectivity index (χ1v) is 8.77. The third-order valence-electron chi connectivity index (χ3n) is 5.72. The Morgan fingerprint density at radius 2 is 1.55 bits per heavy atom. The molecular formula is C18H33NO. The van der Waals surface area contributed by atoms with Gasteiger partial charge in [0, 0.05) is 12.0 Å². The van der Waals surface area contributed by atoms with Crippen LogP contribution in [0.4, 0.5) is 0 Å². The average Bonchev–Trinajstić information content (AvgIpc) is 2.41. The Kier molecular flexibility index (Phi) is 5.51. The van der Waals surface area contributed by atoms with Crippen LogP contribution in [0.25, 0.3) is 0 Å². The van der Waals surface area contributed by atoms with Gasteiger partial charge in [0.25, 0.3) is 0 Å². The third-order valence-corrected chi connectivity index (χ3v) is 5.72. The molecule has 0 saturated heterocycles. The second-order valence-corrected chi connectivity index (χ2v) is 7.90. The fourth-order valence-electron chi connectivity index (χ4n) is 4.22. The quantitative estimate of drug-likeness (QED) is 0.815. The highest BCUT2D eigenvalue weighted by Crippen LogP contribution is 2.38. The van der Waals surface area contributed by atoms with Gasteiger partial charge in [-0.3, -0.25) is 4.79 Å². The Balaban J connectivity index is 1.91. The van der Waals surface area contributed by atoms with Gasteiger partial charge >= 0.3 is 0 Å². The van der Waals surface area contributed by atoms with Crippen LogP contribution in [0, 0.1) is 29.6 Å². The van der Waals surface area contributed by atoms with Gasteiger partial charge < -0.3 is 5.32 Å². The zero-order valence-corrected chi connectivity index (χ0v) is 13.8. The van der Waals surface area contributed by atoms with E-state index in [1.807, 2.05) is 0 Å². The van der Waals surface area contributed by atoms with Gasteiger partial charge in [-0.05, 0) is 62.2 Å². The van der Waals surface area contributed by atoms with Crippen LogP contribution in [0.1, 0.15) is 72.6 Å². The number of hydrogen-bond acceptors (Lipinski definition) is 1. The summed E-state index contributed by atoms with van der Waals surface area (Å²) in [6.07, 6.45) is 8.55. The highest BCUT2D eigenvalue weighted by Gasteiger charge is 2.36. The Morgan fingerprint density at radius 1 is 0.950 bits per heavy atom. The van der Waals surface area contributed by atoms with Crippen molar-refractivity contribution in [2.45, 2.75) is 78.7 Å². The summed E-state index contributed by atoms with van der Waals surface area (Å²) in [6.45, 7) is 9.20. The highest BCUT2D eigenvalue weighted by molar-refractivity contribution is 5.79. The number of nitrogens with one attached hydrogen (secondary N) is 1. The zero-order valence-electron chi connectivity index (χ0n) is 13.8. The molecule has 0 heterocycles. The molecule has 1 amide bonds. The SMILES string of the molecule is CC1CCC(NC(=O)[C@@H]2C[C@H](C)CC[C@H]2C(C)C)CC1. The van der Waals surface area contributed by atoms with Crippen molar-refractivity contribution in [1.29, 1.82) is 0 Å². The molecule has 0 radical (unpaired) electrons. The molecule has 2 heteroatoms. The number of carbonyl (C=O) groups is 1. The first-order valence-electron chi connectivity index (χ1n) is 8.77. The minimum Gasteiger partial charge on any atom is -0.353 e. The summed E-state index contributed by atoms with van der Waals surface area (Å²) in [4.78, 5) is 12.7. The number of hydrogen-bond donors (Lipinski definition) is 1. The van der Waals surface area contributed by atoms with Crippen molar-refractivity contribution >= 4 is 5.91 Å². The third kappa shape index (κ3) is 3.99. The molecule has 2 saturated carbocycles. The van der Waals surface area contributed by atoms with Crippen LogP contribution in [-0.4, -0.2) is 11.9 Å². The van der Waals surface area contributed by atoms with Gasteiger partial charge in [0.2, 0.25) is 5.91 Å². The molecule has 0 aliphatic heterocycles. The van der Waals surface area contributed by atoms with E-state index in [-0.39, 0.29) is 5.92 Å². The van der Waals surface area contributed by atoms with Crippen molar-refractivity contribution in [3.05, 3.63) is 0 Å². The maximum absolute atomic E-state index is 12.7. The maximum Gasteiger partial charge on any atom is 0.223 e. The molecule has 0 aromatic heterocycles. The van der Waals surface area contributed by atoms with Gasteiger partial charge in [-0.1, -0.05) is 34.1 Å². The van der Waals surface area contributed by atoms with Gasteiger partial charge in [-0.2, -0.15) is 0 Å². The van der Waals surface area contributed by atoms with Crippen molar-refractivity contribution < 1.29 is 4.79 Å². The predicted molar refractivity (Wildman–Crippen MR) is 84.4 cm³/mol.